The number of anilines is 2. The standard InChI is InChI=1S/C12H12N2O2S2/c15-18(16,14-10-4-6-17-8-10)11-2-1-9-3-5-13-12(9)7-11/h1-2,4,6-8,13-14H,3,5H2. The van der Waals surface area contributed by atoms with E-state index in [-0.39, 0.29) is 0 Å². The molecular formula is C12H12N2O2S2. The first kappa shape index (κ1) is 11.6. The lowest BCUT2D eigenvalue weighted by Gasteiger charge is -2.08. The Morgan fingerprint density at radius 2 is 2.17 bits per heavy atom. The average molecular weight is 280 g/mol. The Kier molecular flexibility index (Phi) is 2.76. The van der Waals surface area contributed by atoms with Gasteiger partial charge in [-0.25, -0.2) is 8.42 Å². The van der Waals surface area contributed by atoms with Gasteiger partial charge in [0.05, 0.1) is 10.6 Å². The lowest BCUT2D eigenvalue weighted by molar-refractivity contribution is 0.601. The number of benzene rings is 1. The number of fused-ring (bicyclic) bond motifs is 1. The molecule has 0 saturated carbocycles. The highest BCUT2D eigenvalue weighted by Gasteiger charge is 2.18. The molecule has 0 radical (unpaired) electrons. The van der Waals surface area contributed by atoms with Crippen LogP contribution in [0.15, 0.2) is 39.9 Å². The molecule has 2 heterocycles. The van der Waals surface area contributed by atoms with Gasteiger partial charge in [0.25, 0.3) is 10.0 Å². The molecule has 1 aliphatic heterocycles. The highest BCUT2D eigenvalue weighted by molar-refractivity contribution is 7.92. The molecular weight excluding hydrogens is 268 g/mol. The first-order valence-electron chi connectivity index (χ1n) is 5.57. The zero-order chi connectivity index (χ0) is 12.6. The van der Waals surface area contributed by atoms with Gasteiger partial charge < -0.3 is 5.32 Å². The number of sulfonamides is 1. The van der Waals surface area contributed by atoms with E-state index in [2.05, 4.69) is 10.0 Å². The van der Waals surface area contributed by atoms with Crippen LogP contribution in [-0.4, -0.2) is 15.0 Å². The highest BCUT2D eigenvalue weighted by atomic mass is 32.2. The molecule has 0 fully saturated rings. The topological polar surface area (TPSA) is 58.2 Å². The summed E-state index contributed by atoms with van der Waals surface area (Å²) in [6, 6.07) is 6.96. The van der Waals surface area contributed by atoms with Crippen LogP contribution in [0, 0.1) is 0 Å². The molecule has 0 saturated heterocycles. The van der Waals surface area contributed by atoms with E-state index in [1.165, 1.54) is 16.9 Å². The van der Waals surface area contributed by atoms with Crippen LogP contribution in [0.5, 0.6) is 0 Å². The van der Waals surface area contributed by atoms with Gasteiger partial charge in [0.1, 0.15) is 0 Å². The van der Waals surface area contributed by atoms with Gasteiger partial charge in [0.15, 0.2) is 0 Å². The molecule has 2 aromatic rings. The third-order valence-electron chi connectivity index (χ3n) is 2.87. The lowest BCUT2D eigenvalue weighted by atomic mass is 10.2. The van der Waals surface area contributed by atoms with E-state index in [4.69, 9.17) is 0 Å². The van der Waals surface area contributed by atoms with E-state index >= 15 is 0 Å². The summed E-state index contributed by atoms with van der Waals surface area (Å²) in [5.41, 5.74) is 2.70. The van der Waals surface area contributed by atoms with Gasteiger partial charge in [-0.15, -0.1) is 0 Å². The molecule has 0 bridgehead atoms. The Balaban J connectivity index is 1.94. The maximum absolute atomic E-state index is 12.2. The summed E-state index contributed by atoms with van der Waals surface area (Å²) in [7, 11) is -3.49. The maximum atomic E-state index is 12.2. The summed E-state index contributed by atoms with van der Waals surface area (Å²) in [4.78, 5) is 0.293. The number of hydrogen-bond donors (Lipinski definition) is 2. The van der Waals surface area contributed by atoms with E-state index in [9.17, 15) is 8.42 Å². The fraction of sp³-hybridized carbons (Fsp3) is 0.167. The minimum Gasteiger partial charge on any atom is -0.384 e. The van der Waals surface area contributed by atoms with Crippen LogP contribution in [0.25, 0.3) is 0 Å². The molecule has 4 nitrogen and oxygen atoms in total. The van der Waals surface area contributed by atoms with Crippen molar-refractivity contribution in [3.05, 3.63) is 40.6 Å². The fourth-order valence-electron chi connectivity index (χ4n) is 1.97. The van der Waals surface area contributed by atoms with Gasteiger partial charge in [0, 0.05) is 17.6 Å². The monoisotopic (exact) mass is 280 g/mol. The summed E-state index contributed by atoms with van der Waals surface area (Å²) in [6.07, 6.45) is 0.952. The van der Waals surface area contributed by atoms with E-state index in [0.717, 1.165) is 18.7 Å². The molecule has 1 aromatic carbocycles. The van der Waals surface area contributed by atoms with Crippen LogP contribution < -0.4 is 10.0 Å². The zero-order valence-corrected chi connectivity index (χ0v) is 11.1. The van der Waals surface area contributed by atoms with Crippen molar-refractivity contribution in [2.75, 3.05) is 16.6 Å². The number of nitrogens with one attached hydrogen (secondary N) is 2. The fourth-order valence-corrected chi connectivity index (χ4v) is 3.71. The van der Waals surface area contributed by atoms with E-state index in [1.54, 1.807) is 23.6 Å². The maximum Gasteiger partial charge on any atom is 0.261 e. The Hall–Kier alpha value is -1.53. The first-order valence-corrected chi connectivity index (χ1v) is 7.99. The quantitative estimate of drug-likeness (QED) is 0.908. The van der Waals surface area contributed by atoms with Crippen LogP contribution in [0.4, 0.5) is 11.4 Å². The van der Waals surface area contributed by atoms with Crippen molar-refractivity contribution < 1.29 is 8.42 Å². The minimum absolute atomic E-state index is 0.293. The molecule has 0 spiro atoms. The van der Waals surface area contributed by atoms with Crippen molar-refractivity contribution >= 4 is 32.7 Å². The molecule has 94 valence electrons. The van der Waals surface area contributed by atoms with E-state index < -0.39 is 10.0 Å². The Morgan fingerprint density at radius 1 is 1.28 bits per heavy atom. The minimum atomic E-state index is -3.49. The lowest BCUT2D eigenvalue weighted by Crippen LogP contribution is -2.12. The molecule has 0 atom stereocenters. The van der Waals surface area contributed by atoms with E-state index in [0.29, 0.717) is 10.6 Å². The zero-order valence-electron chi connectivity index (χ0n) is 9.51. The second kappa shape index (κ2) is 4.29. The van der Waals surface area contributed by atoms with Crippen molar-refractivity contribution in [1.29, 1.82) is 0 Å². The number of thiophene rings is 1. The molecule has 1 aromatic heterocycles. The molecule has 0 unspecified atom stereocenters. The van der Waals surface area contributed by atoms with Crippen LogP contribution in [-0.2, 0) is 16.4 Å². The molecule has 18 heavy (non-hydrogen) atoms. The SMILES string of the molecule is O=S(=O)(Nc1ccsc1)c1ccc2c(c1)NCC2. The second-order valence-corrected chi connectivity index (χ2v) is 6.58. The molecule has 0 amide bonds. The van der Waals surface area contributed by atoms with Crippen molar-refractivity contribution in [3.63, 3.8) is 0 Å². The van der Waals surface area contributed by atoms with Gasteiger partial charge >= 0.3 is 0 Å². The Labute approximate surface area is 110 Å². The summed E-state index contributed by atoms with van der Waals surface area (Å²) in [5.74, 6) is 0. The molecule has 0 aliphatic carbocycles. The second-order valence-electron chi connectivity index (χ2n) is 4.11. The molecule has 2 N–H and O–H groups in total. The van der Waals surface area contributed by atoms with Gasteiger partial charge in [0.2, 0.25) is 0 Å². The smallest absolute Gasteiger partial charge is 0.261 e. The predicted octanol–water partition coefficient (Wildman–Crippen LogP) is 2.52. The van der Waals surface area contributed by atoms with E-state index in [1.807, 2.05) is 11.4 Å². The van der Waals surface area contributed by atoms with Gasteiger partial charge in [-0.1, -0.05) is 6.07 Å². The summed E-state index contributed by atoms with van der Waals surface area (Å²) >= 11 is 1.46. The van der Waals surface area contributed by atoms with Crippen molar-refractivity contribution in [2.24, 2.45) is 0 Å². The van der Waals surface area contributed by atoms with Crippen molar-refractivity contribution in [1.82, 2.24) is 0 Å². The Bertz CT molecular complexity index is 663. The third-order valence-corrected chi connectivity index (χ3v) is 4.94. The van der Waals surface area contributed by atoms with Crippen molar-refractivity contribution in [3.8, 4) is 0 Å². The predicted molar refractivity (Wildman–Crippen MR) is 73.8 cm³/mol. The largest absolute Gasteiger partial charge is 0.384 e. The Morgan fingerprint density at radius 3 is 2.94 bits per heavy atom. The first-order chi connectivity index (χ1) is 8.65. The van der Waals surface area contributed by atoms with Crippen molar-refractivity contribution in [2.45, 2.75) is 11.3 Å². The third kappa shape index (κ3) is 2.09. The highest BCUT2D eigenvalue weighted by Crippen LogP contribution is 2.26. The van der Waals surface area contributed by atoms with Gasteiger partial charge in [-0.2, -0.15) is 11.3 Å². The number of rotatable bonds is 3. The van der Waals surface area contributed by atoms with Crippen LogP contribution in [0.2, 0.25) is 0 Å². The van der Waals surface area contributed by atoms with Crippen LogP contribution >= 0.6 is 11.3 Å². The average Bonchev–Trinajstić information content (AvgIpc) is 2.97. The summed E-state index contributed by atoms with van der Waals surface area (Å²) in [6.45, 7) is 0.872. The van der Waals surface area contributed by atoms with Crippen LogP contribution in [0.3, 0.4) is 0 Å². The number of hydrogen-bond acceptors (Lipinski definition) is 4. The summed E-state index contributed by atoms with van der Waals surface area (Å²) in [5, 5.41) is 6.78. The molecule has 1 aliphatic rings. The normalized spacial score (nSPS) is 14.0. The molecule has 3 rings (SSSR count). The molecule has 6 heteroatoms. The van der Waals surface area contributed by atoms with Gasteiger partial charge in [-0.05, 0) is 35.6 Å². The van der Waals surface area contributed by atoms with Gasteiger partial charge in [-0.3, -0.25) is 4.72 Å². The summed E-state index contributed by atoms with van der Waals surface area (Å²) < 4.78 is 26.9. The van der Waals surface area contributed by atoms with Crippen LogP contribution in [0.1, 0.15) is 5.56 Å².